The molecule has 0 bridgehead atoms. The highest BCUT2D eigenvalue weighted by molar-refractivity contribution is 7.85. The summed E-state index contributed by atoms with van der Waals surface area (Å²) in [7, 11) is -4.02. The van der Waals surface area contributed by atoms with Crippen LogP contribution >= 0.6 is 0 Å². The molecule has 0 aromatic heterocycles. The summed E-state index contributed by atoms with van der Waals surface area (Å²) in [6.07, 6.45) is 14.1. The number of rotatable bonds is 6. The summed E-state index contributed by atoms with van der Waals surface area (Å²) in [6.45, 7) is 6.42. The molecule has 128 valence electrons. The van der Waals surface area contributed by atoms with E-state index in [-0.39, 0.29) is 4.90 Å². The number of benzene rings is 1. The zero-order valence-corrected chi connectivity index (χ0v) is 14.8. The van der Waals surface area contributed by atoms with E-state index in [2.05, 4.69) is 36.3 Å². The van der Waals surface area contributed by atoms with E-state index in [9.17, 15) is 8.42 Å². The third kappa shape index (κ3) is 8.57. The molecular formula is C18H27NO3S. The topological polar surface area (TPSA) is 57.6 Å². The molecule has 1 aromatic rings. The van der Waals surface area contributed by atoms with Crippen LogP contribution in [-0.4, -0.2) is 31.0 Å². The highest BCUT2D eigenvalue weighted by atomic mass is 32.2. The molecule has 1 aromatic carbocycles. The first-order valence-electron chi connectivity index (χ1n) is 8.05. The predicted molar refractivity (Wildman–Crippen MR) is 95.0 cm³/mol. The van der Waals surface area contributed by atoms with Gasteiger partial charge in [0.1, 0.15) is 0 Å². The summed E-state index contributed by atoms with van der Waals surface area (Å²) < 4.78 is 29.6. The Morgan fingerprint density at radius 2 is 1.78 bits per heavy atom. The number of unbranched alkanes of at least 4 members (excludes halogenated alkanes) is 3. The highest BCUT2D eigenvalue weighted by Gasteiger charge is 2.06. The van der Waals surface area contributed by atoms with Gasteiger partial charge in [-0.25, -0.2) is 0 Å². The Morgan fingerprint density at radius 1 is 1.09 bits per heavy atom. The second-order valence-electron chi connectivity index (χ2n) is 5.61. The maximum Gasteiger partial charge on any atom is 0.294 e. The van der Waals surface area contributed by atoms with Crippen LogP contribution in [0.1, 0.15) is 38.2 Å². The van der Waals surface area contributed by atoms with Crippen LogP contribution in [0.15, 0.2) is 53.6 Å². The molecule has 0 amide bonds. The second-order valence-corrected chi connectivity index (χ2v) is 7.03. The van der Waals surface area contributed by atoms with Crippen LogP contribution in [0.25, 0.3) is 0 Å². The van der Waals surface area contributed by atoms with Crippen molar-refractivity contribution in [2.45, 2.75) is 44.4 Å². The van der Waals surface area contributed by atoms with Crippen molar-refractivity contribution in [1.29, 1.82) is 0 Å². The lowest BCUT2D eigenvalue weighted by atomic mass is 10.2. The maximum atomic E-state index is 10.5. The number of hydrogen-bond donors (Lipinski definition) is 1. The molecule has 0 saturated heterocycles. The molecule has 1 aliphatic rings. The Kier molecular flexibility index (Phi) is 8.66. The number of nitrogens with zero attached hydrogens (tertiary/aromatic N) is 1. The van der Waals surface area contributed by atoms with E-state index in [1.807, 2.05) is 6.92 Å². The fourth-order valence-corrected chi connectivity index (χ4v) is 2.60. The van der Waals surface area contributed by atoms with Crippen LogP contribution in [0.3, 0.4) is 0 Å². The average Bonchev–Trinajstić information content (AvgIpc) is 2.53. The van der Waals surface area contributed by atoms with Gasteiger partial charge in [0.15, 0.2) is 0 Å². The lowest BCUT2D eigenvalue weighted by Gasteiger charge is -2.19. The lowest BCUT2D eigenvalue weighted by molar-refractivity contribution is 0.394. The van der Waals surface area contributed by atoms with Gasteiger partial charge in [0.2, 0.25) is 0 Å². The summed E-state index contributed by atoms with van der Waals surface area (Å²) in [5.74, 6) is 0. The van der Waals surface area contributed by atoms with Gasteiger partial charge in [-0.05, 0) is 37.8 Å². The van der Waals surface area contributed by atoms with Crippen molar-refractivity contribution in [3.05, 3.63) is 54.3 Å². The van der Waals surface area contributed by atoms with E-state index in [1.54, 1.807) is 12.1 Å². The molecule has 0 radical (unpaired) electrons. The molecule has 4 nitrogen and oxygen atoms in total. The van der Waals surface area contributed by atoms with Crippen molar-refractivity contribution >= 4 is 10.1 Å². The Balaban J connectivity index is 0.000000231. The van der Waals surface area contributed by atoms with E-state index in [1.165, 1.54) is 44.4 Å². The molecule has 0 saturated carbocycles. The van der Waals surface area contributed by atoms with Crippen molar-refractivity contribution in [3.8, 4) is 0 Å². The highest BCUT2D eigenvalue weighted by Crippen LogP contribution is 2.08. The lowest BCUT2D eigenvalue weighted by Crippen LogP contribution is -2.19. The van der Waals surface area contributed by atoms with Crippen LogP contribution in [0.4, 0.5) is 0 Å². The first-order valence-corrected chi connectivity index (χ1v) is 9.49. The molecular weight excluding hydrogens is 310 g/mol. The van der Waals surface area contributed by atoms with Crippen molar-refractivity contribution in [2.24, 2.45) is 0 Å². The van der Waals surface area contributed by atoms with E-state index >= 15 is 0 Å². The standard InChI is InChI=1S/C11H19N.C7H8O3S/c1-2-3-4-6-9-12-10-7-5-8-11-12;1-6-2-4-7(5-3-6)11(8,9)10/h5,7-8,10H,2-4,6,9,11H2,1H3;2-5H,1H3,(H,8,9,10). The van der Waals surface area contributed by atoms with E-state index in [4.69, 9.17) is 4.55 Å². The number of allylic oxidation sites excluding steroid dienone is 2. The van der Waals surface area contributed by atoms with Gasteiger partial charge in [-0.1, -0.05) is 56.0 Å². The predicted octanol–water partition coefficient (Wildman–Crippen LogP) is 4.19. The zero-order valence-electron chi connectivity index (χ0n) is 14.0. The summed E-state index contributed by atoms with van der Waals surface area (Å²) in [6, 6.07) is 5.99. The van der Waals surface area contributed by atoms with Crippen LogP contribution < -0.4 is 0 Å². The van der Waals surface area contributed by atoms with Crippen LogP contribution in [0.5, 0.6) is 0 Å². The molecule has 0 spiro atoms. The van der Waals surface area contributed by atoms with E-state index < -0.39 is 10.1 Å². The third-order valence-corrected chi connectivity index (χ3v) is 4.37. The van der Waals surface area contributed by atoms with Gasteiger partial charge in [0, 0.05) is 13.1 Å². The smallest absolute Gasteiger partial charge is 0.294 e. The average molecular weight is 337 g/mol. The fourth-order valence-electron chi connectivity index (χ4n) is 2.12. The van der Waals surface area contributed by atoms with Crippen LogP contribution in [-0.2, 0) is 10.1 Å². The molecule has 0 aliphatic carbocycles. The second kappa shape index (κ2) is 10.2. The van der Waals surface area contributed by atoms with Crippen LogP contribution in [0, 0.1) is 6.92 Å². The van der Waals surface area contributed by atoms with Crippen molar-refractivity contribution in [1.82, 2.24) is 4.90 Å². The normalized spacial score (nSPS) is 13.6. The van der Waals surface area contributed by atoms with Gasteiger partial charge in [-0.15, -0.1) is 0 Å². The minimum absolute atomic E-state index is 0.0666. The van der Waals surface area contributed by atoms with Gasteiger partial charge in [-0.3, -0.25) is 4.55 Å². The van der Waals surface area contributed by atoms with Crippen molar-refractivity contribution in [3.63, 3.8) is 0 Å². The van der Waals surface area contributed by atoms with Gasteiger partial charge < -0.3 is 4.90 Å². The summed E-state index contributed by atoms with van der Waals surface area (Å²) in [5, 5.41) is 0. The van der Waals surface area contributed by atoms with Gasteiger partial charge in [0.05, 0.1) is 4.90 Å². The molecule has 1 aliphatic heterocycles. The zero-order chi connectivity index (χ0) is 17.1. The van der Waals surface area contributed by atoms with Crippen molar-refractivity contribution in [2.75, 3.05) is 13.1 Å². The van der Waals surface area contributed by atoms with Crippen LogP contribution in [0.2, 0.25) is 0 Å². The molecule has 1 heterocycles. The molecule has 0 atom stereocenters. The first-order chi connectivity index (χ1) is 10.9. The molecule has 1 N–H and O–H groups in total. The van der Waals surface area contributed by atoms with E-state index in [0.29, 0.717) is 0 Å². The van der Waals surface area contributed by atoms with Crippen molar-refractivity contribution < 1.29 is 13.0 Å². The van der Waals surface area contributed by atoms with Gasteiger partial charge in [-0.2, -0.15) is 8.42 Å². The number of hydrogen-bond acceptors (Lipinski definition) is 3. The molecule has 2 rings (SSSR count). The Hall–Kier alpha value is -1.59. The van der Waals surface area contributed by atoms with Gasteiger partial charge >= 0.3 is 0 Å². The number of aryl methyl sites for hydroxylation is 1. The third-order valence-electron chi connectivity index (χ3n) is 3.50. The minimum Gasteiger partial charge on any atom is -0.374 e. The largest absolute Gasteiger partial charge is 0.374 e. The maximum absolute atomic E-state index is 10.5. The molecule has 0 unspecified atom stereocenters. The summed E-state index contributed by atoms with van der Waals surface area (Å²) in [5.41, 5.74) is 0.956. The fraction of sp³-hybridized carbons (Fsp3) is 0.444. The van der Waals surface area contributed by atoms with Gasteiger partial charge in [0.25, 0.3) is 10.1 Å². The summed E-state index contributed by atoms with van der Waals surface area (Å²) >= 11 is 0. The molecule has 5 heteroatoms. The summed E-state index contributed by atoms with van der Waals surface area (Å²) in [4.78, 5) is 2.30. The molecule has 0 fully saturated rings. The Morgan fingerprint density at radius 3 is 2.30 bits per heavy atom. The minimum atomic E-state index is -4.02. The molecule has 23 heavy (non-hydrogen) atoms. The van der Waals surface area contributed by atoms with E-state index in [0.717, 1.165) is 12.1 Å². The quantitative estimate of drug-likeness (QED) is 0.624. The first kappa shape index (κ1) is 19.5. The Bertz CT molecular complexity index is 604. The SMILES string of the molecule is CCCCCCN1C=CC=CC1.Cc1ccc(S(=O)(=O)O)cc1. The Labute approximate surface area is 140 Å². The monoisotopic (exact) mass is 337 g/mol.